The molecule has 0 unspecified atom stereocenters. The molecule has 1 saturated carbocycles. The number of nitrogens with zero attached hydrogens (tertiary/aromatic N) is 7. The standard InChI is InChI=1S/C68H84ClN9O6/c1-4-6-9-22-61(79)43-57-18-15-19-59(73-57)48-77(50-64-71-36-37-72-64)45-53-40-52(44-76(47-58-21-17-35-70-58)49-60-20-16-23-63(74-60)75-65(80)24-10-7-5-2)41-62(42-53)84-39-14-13-38-78(46-51-25-27-54(28-26-51)66(81)83-3)67(82)68(33-11-8-12-34-68)55-29-31-56(69)32-30-55/h15-20,23,25-32,35-37,40-42H,4-14,21-22,24,33-34,38-39,43-50H2,1-3H3,(H,71,72)(H,74,75,80). The highest BCUT2D eigenvalue weighted by Gasteiger charge is 2.43. The third-order valence-corrected chi connectivity index (χ3v) is 15.9. The lowest BCUT2D eigenvalue weighted by Crippen LogP contribution is -2.48. The Hall–Kier alpha value is -7.33. The molecule has 2 aliphatic rings. The van der Waals surface area contributed by atoms with Crippen LogP contribution in [0.3, 0.4) is 0 Å². The molecule has 0 atom stereocenters. The Morgan fingerprint density at radius 1 is 0.690 bits per heavy atom. The minimum absolute atomic E-state index is 0.0325. The first kappa shape index (κ1) is 62.7. The van der Waals surface area contributed by atoms with Crippen LogP contribution in [0.25, 0.3) is 0 Å². The van der Waals surface area contributed by atoms with Crippen molar-refractivity contribution in [3.8, 4) is 5.75 Å². The third-order valence-electron chi connectivity index (χ3n) is 15.7. The number of carbonyl (C=O) groups is 4. The molecule has 6 aromatic rings. The van der Waals surface area contributed by atoms with Crippen LogP contribution in [0.15, 0.2) is 133 Å². The average Bonchev–Trinajstić information content (AvgIpc) is 3.20. The number of allylic oxidation sites excluding steroid dienone is 1. The number of aromatic nitrogens is 4. The van der Waals surface area contributed by atoms with E-state index >= 15 is 4.79 Å². The fraction of sp³-hybridized carbons (Fsp3) is 0.441. The van der Waals surface area contributed by atoms with Gasteiger partial charge in [-0.2, -0.15) is 0 Å². The van der Waals surface area contributed by atoms with Gasteiger partial charge in [0.25, 0.3) is 0 Å². The molecule has 1 aliphatic carbocycles. The monoisotopic (exact) mass is 1160 g/mol. The van der Waals surface area contributed by atoms with Gasteiger partial charge in [-0.1, -0.05) is 119 Å². The summed E-state index contributed by atoms with van der Waals surface area (Å²) in [5.74, 6) is 1.97. The van der Waals surface area contributed by atoms with Gasteiger partial charge in [-0.05, 0) is 121 Å². The number of carbonyl (C=O) groups excluding carboxylic acids is 4. The SMILES string of the molecule is CCCCCC(=O)Cc1cccc(CN(Cc2cc(CN(CC3=NC=CC3)Cc3cccc(NC(=O)CCCCC)n3)cc(OCCCCN(Cc3ccc(C(=O)OC)cc3)C(=O)C3(c4ccc(Cl)cc4)CCCCC3)c2)Cc2ncc[nH]2)n1. The number of rotatable bonds is 34. The zero-order valence-electron chi connectivity index (χ0n) is 49.5. The lowest BCUT2D eigenvalue weighted by molar-refractivity contribution is -0.139. The molecule has 1 aliphatic heterocycles. The minimum Gasteiger partial charge on any atom is -0.494 e. The van der Waals surface area contributed by atoms with E-state index in [-0.39, 0.29) is 17.6 Å². The van der Waals surface area contributed by atoms with Gasteiger partial charge in [0.1, 0.15) is 23.2 Å². The number of aliphatic imine (C=N–C) groups is 1. The minimum atomic E-state index is -0.670. The van der Waals surface area contributed by atoms with Gasteiger partial charge in [-0.15, -0.1) is 0 Å². The molecule has 444 valence electrons. The highest BCUT2D eigenvalue weighted by atomic mass is 35.5. The fourth-order valence-electron chi connectivity index (χ4n) is 11.4. The second-order valence-corrected chi connectivity index (χ2v) is 23.0. The van der Waals surface area contributed by atoms with E-state index in [1.54, 1.807) is 18.3 Å². The number of hydrogen-bond donors (Lipinski definition) is 2. The van der Waals surface area contributed by atoms with Crippen LogP contribution in [0.4, 0.5) is 5.82 Å². The van der Waals surface area contributed by atoms with Gasteiger partial charge in [0.2, 0.25) is 11.8 Å². The number of H-pyrrole nitrogens is 1. The van der Waals surface area contributed by atoms with E-state index in [0.29, 0.717) is 107 Å². The van der Waals surface area contributed by atoms with E-state index in [9.17, 15) is 14.4 Å². The van der Waals surface area contributed by atoms with Crippen molar-refractivity contribution in [2.75, 3.05) is 32.1 Å². The molecule has 2 N–H and O–H groups in total. The van der Waals surface area contributed by atoms with Crippen LogP contribution in [-0.4, -0.2) is 90.7 Å². The highest BCUT2D eigenvalue weighted by molar-refractivity contribution is 6.30. The molecule has 3 aromatic heterocycles. The molecule has 0 radical (unpaired) electrons. The van der Waals surface area contributed by atoms with Gasteiger partial charge in [0, 0.05) is 107 Å². The molecule has 2 amide bonds. The second-order valence-electron chi connectivity index (χ2n) is 22.5. The zero-order valence-corrected chi connectivity index (χ0v) is 50.2. The Balaban J connectivity index is 1.05. The molecule has 84 heavy (non-hydrogen) atoms. The number of imidazole rings is 1. The van der Waals surface area contributed by atoms with Crippen molar-refractivity contribution in [2.24, 2.45) is 4.99 Å². The summed E-state index contributed by atoms with van der Waals surface area (Å²) in [7, 11) is 1.37. The maximum Gasteiger partial charge on any atom is 0.337 e. The number of anilines is 1. The van der Waals surface area contributed by atoms with E-state index in [1.807, 2.05) is 90.1 Å². The molecule has 1 fully saturated rings. The van der Waals surface area contributed by atoms with Crippen LogP contribution in [0, 0.1) is 0 Å². The quantitative estimate of drug-likeness (QED) is 0.0290. The van der Waals surface area contributed by atoms with Crippen molar-refractivity contribution < 1.29 is 28.7 Å². The Bertz CT molecular complexity index is 3120. The van der Waals surface area contributed by atoms with Gasteiger partial charge in [-0.25, -0.2) is 14.8 Å². The molecule has 15 nitrogen and oxygen atoms in total. The average molecular weight is 1160 g/mol. The Morgan fingerprint density at radius 3 is 2.06 bits per heavy atom. The lowest BCUT2D eigenvalue weighted by atomic mass is 9.68. The third kappa shape index (κ3) is 19.4. The van der Waals surface area contributed by atoms with E-state index in [2.05, 4.69) is 63.2 Å². The summed E-state index contributed by atoms with van der Waals surface area (Å²) < 4.78 is 11.8. The number of benzene rings is 3. The lowest BCUT2D eigenvalue weighted by Gasteiger charge is -2.40. The number of halogens is 1. The number of unbranched alkanes of at least 4 members (excludes halogenated alkanes) is 5. The largest absolute Gasteiger partial charge is 0.494 e. The van der Waals surface area contributed by atoms with E-state index in [0.717, 1.165) is 134 Å². The number of hydrogen-bond acceptors (Lipinski definition) is 12. The van der Waals surface area contributed by atoms with Crippen molar-refractivity contribution in [3.63, 3.8) is 0 Å². The number of esters is 1. The molecule has 8 rings (SSSR count). The summed E-state index contributed by atoms with van der Waals surface area (Å²) in [5.41, 5.74) is 7.32. The maximum absolute atomic E-state index is 15.2. The molecule has 3 aromatic carbocycles. The number of nitrogens with one attached hydrogen (secondary N) is 2. The van der Waals surface area contributed by atoms with Crippen LogP contribution in [0.5, 0.6) is 5.75 Å². The molecule has 0 saturated heterocycles. The number of aromatic amines is 1. The Labute approximate surface area is 501 Å². The summed E-state index contributed by atoms with van der Waals surface area (Å²) in [5, 5.41) is 3.66. The summed E-state index contributed by atoms with van der Waals surface area (Å²) in [6, 6.07) is 33.3. The summed E-state index contributed by atoms with van der Waals surface area (Å²) >= 11 is 6.40. The molecule has 16 heteroatoms. The van der Waals surface area contributed by atoms with Crippen molar-refractivity contribution in [1.29, 1.82) is 0 Å². The summed E-state index contributed by atoms with van der Waals surface area (Å²) in [6.45, 7) is 8.84. The molecule has 4 heterocycles. The number of amides is 2. The van der Waals surface area contributed by atoms with Gasteiger partial charge >= 0.3 is 5.97 Å². The zero-order chi connectivity index (χ0) is 58.9. The van der Waals surface area contributed by atoms with E-state index < -0.39 is 11.4 Å². The highest BCUT2D eigenvalue weighted by Crippen LogP contribution is 2.42. The topological polar surface area (TPSA) is 175 Å². The predicted octanol–water partition coefficient (Wildman–Crippen LogP) is 13.5. The number of ether oxygens (including phenoxy) is 2. The fourth-order valence-corrected chi connectivity index (χ4v) is 11.5. The summed E-state index contributed by atoms with van der Waals surface area (Å²) in [6.07, 6.45) is 21.4. The number of methoxy groups -OCH3 is 1. The normalized spacial score (nSPS) is 13.7. The van der Waals surface area contributed by atoms with Gasteiger partial charge in [0.15, 0.2) is 0 Å². The molecule has 0 bridgehead atoms. The first-order chi connectivity index (χ1) is 41.0. The van der Waals surface area contributed by atoms with Crippen LogP contribution < -0.4 is 10.1 Å². The van der Waals surface area contributed by atoms with E-state index in [4.69, 9.17) is 36.0 Å². The first-order valence-electron chi connectivity index (χ1n) is 30.3. The smallest absolute Gasteiger partial charge is 0.337 e. The second kappa shape index (κ2) is 32.7. The van der Waals surface area contributed by atoms with Crippen LogP contribution in [0.1, 0.15) is 172 Å². The number of ketones is 1. The van der Waals surface area contributed by atoms with Gasteiger partial charge < -0.3 is 24.7 Å². The van der Waals surface area contributed by atoms with Crippen molar-refractivity contribution in [1.82, 2.24) is 34.6 Å². The van der Waals surface area contributed by atoms with Gasteiger partial charge in [-0.3, -0.25) is 34.2 Å². The van der Waals surface area contributed by atoms with Crippen molar-refractivity contribution in [2.45, 2.75) is 168 Å². The predicted molar refractivity (Wildman–Crippen MR) is 332 cm³/mol. The van der Waals surface area contributed by atoms with Crippen LogP contribution in [0.2, 0.25) is 5.02 Å². The van der Waals surface area contributed by atoms with Gasteiger partial charge in [0.05, 0.1) is 42.6 Å². The van der Waals surface area contributed by atoms with E-state index in [1.165, 1.54) is 7.11 Å². The summed E-state index contributed by atoms with van der Waals surface area (Å²) in [4.78, 5) is 82.6. The van der Waals surface area contributed by atoms with Crippen molar-refractivity contribution in [3.05, 3.63) is 184 Å². The van der Waals surface area contributed by atoms with Crippen molar-refractivity contribution >= 4 is 46.7 Å². The number of Topliss-reactive ketones (excluding diaryl/α,β-unsaturated/α-hetero) is 1. The molecule has 0 spiro atoms. The van der Waals surface area contributed by atoms with Crippen LogP contribution in [-0.2, 0) is 70.2 Å². The number of pyridine rings is 2. The maximum atomic E-state index is 15.2. The first-order valence-corrected chi connectivity index (χ1v) is 30.7. The molecular weight excluding hydrogens is 1070 g/mol. The molecular formula is C68H84ClN9O6. The van der Waals surface area contributed by atoms with Crippen LogP contribution >= 0.6 is 11.6 Å². The Kier molecular flexibility index (Phi) is 24.4. The Morgan fingerprint density at radius 2 is 1.38 bits per heavy atom.